The van der Waals surface area contributed by atoms with Crippen LogP contribution in [-0.2, 0) is 0 Å². The third kappa shape index (κ3) is 2.41. The number of rotatable bonds is 2. The molecule has 0 spiro atoms. The summed E-state index contributed by atoms with van der Waals surface area (Å²) in [5.74, 6) is -1.21. The first-order chi connectivity index (χ1) is 7.90. The van der Waals surface area contributed by atoms with E-state index in [-0.39, 0.29) is 23.3 Å². The lowest BCUT2D eigenvalue weighted by molar-refractivity contribution is 0.158. The summed E-state index contributed by atoms with van der Waals surface area (Å²) in [5.41, 5.74) is 6.06. The Bertz CT molecular complexity index is 420. The molecule has 0 aromatic heterocycles. The second-order valence-corrected chi connectivity index (χ2v) is 5.28. The zero-order valence-corrected chi connectivity index (χ0v) is 10.0. The quantitative estimate of drug-likeness (QED) is 0.864. The van der Waals surface area contributed by atoms with E-state index in [0.717, 1.165) is 18.9 Å². The van der Waals surface area contributed by atoms with E-state index >= 15 is 0 Å². The summed E-state index contributed by atoms with van der Waals surface area (Å²) in [5, 5.41) is 0. The Balaban J connectivity index is 2.12. The van der Waals surface area contributed by atoms with Crippen molar-refractivity contribution in [1.82, 2.24) is 0 Å². The van der Waals surface area contributed by atoms with Crippen molar-refractivity contribution in [2.24, 2.45) is 11.1 Å². The molecule has 0 radical (unpaired) electrons. The van der Waals surface area contributed by atoms with Crippen molar-refractivity contribution in [2.45, 2.75) is 38.8 Å². The molecular formula is C13H17F2NO. The maximum Gasteiger partial charge on any atom is 0.167 e. The molecule has 0 amide bonds. The van der Waals surface area contributed by atoms with Gasteiger partial charge in [-0.25, -0.2) is 8.78 Å². The first-order valence-electron chi connectivity index (χ1n) is 5.77. The Morgan fingerprint density at radius 1 is 1.35 bits per heavy atom. The van der Waals surface area contributed by atoms with Crippen molar-refractivity contribution in [2.75, 3.05) is 0 Å². The van der Waals surface area contributed by atoms with Crippen LogP contribution < -0.4 is 10.5 Å². The minimum absolute atomic E-state index is 0.00116. The van der Waals surface area contributed by atoms with Crippen LogP contribution >= 0.6 is 0 Å². The maximum atomic E-state index is 13.4. The molecule has 17 heavy (non-hydrogen) atoms. The van der Waals surface area contributed by atoms with Gasteiger partial charge >= 0.3 is 0 Å². The molecule has 1 aliphatic rings. The second kappa shape index (κ2) is 4.26. The van der Waals surface area contributed by atoms with Gasteiger partial charge in [0.15, 0.2) is 11.6 Å². The highest BCUT2D eigenvalue weighted by Crippen LogP contribution is 2.38. The molecule has 1 aromatic rings. The summed E-state index contributed by atoms with van der Waals surface area (Å²) in [7, 11) is 0. The van der Waals surface area contributed by atoms with Gasteiger partial charge in [-0.15, -0.1) is 0 Å². The summed E-state index contributed by atoms with van der Waals surface area (Å²) >= 11 is 0. The van der Waals surface area contributed by atoms with Crippen LogP contribution in [0.4, 0.5) is 8.78 Å². The second-order valence-electron chi connectivity index (χ2n) is 5.28. The molecule has 1 aliphatic carbocycles. The van der Waals surface area contributed by atoms with E-state index in [9.17, 15) is 8.78 Å². The van der Waals surface area contributed by atoms with Crippen LogP contribution in [0.5, 0.6) is 5.75 Å². The van der Waals surface area contributed by atoms with Crippen molar-refractivity contribution in [3.8, 4) is 5.75 Å². The van der Waals surface area contributed by atoms with E-state index in [1.165, 1.54) is 12.1 Å². The van der Waals surface area contributed by atoms with Gasteiger partial charge in [0, 0.05) is 12.1 Å². The summed E-state index contributed by atoms with van der Waals surface area (Å²) < 4.78 is 31.7. The van der Waals surface area contributed by atoms with Gasteiger partial charge in [-0.1, -0.05) is 13.8 Å². The Hall–Kier alpha value is -1.16. The number of ether oxygens (including phenoxy) is 1. The van der Waals surface area contributed by atoms with Crippen molar-refractivity contribution in [3.63, 3.8) is 0 Å². The highest BCUT2D eigenvalue weighted by molar-refractivity contribution is 5.25. The van der Waals surface area contributed by atoms with Gasteiger partial charge in [0.1, 0.15) is 11.9 Å². The highest BCUT2D eigenvalue weighted by atomic mass is 19.1. The number of nitrogens with two attached hydrogens (primary N) is 1. The maximum absolute atomic E-state index is 13.4. The Labute approximate surface area is 99.8 Å². The lowest BCUT2D eigenvalue weighted by Gasteiger charge is -2.27. The monoisotopic (exact) mass is 241 g/mol. The van der Waals surface area contributed by atoms with Crippen molar-refractivity contribution in [3.05, 3.63) is 29.8 Å². The summed E-state index contributed by atoms with van der Waals surface area (Å²) in [6.07, 6.45) is 1.54. The van der Waals surface area contributed by atoms with Gasteiger partial charge in [-0.05, 0) is 30.4 Å². The number of halogens is 2. The first kappa shape index (κ1) is 12.3. The molecule has 4 heteroatoms. The highest BCUT2D eigenvalue weighted by Gasteiger charge is 2.41. The smallest absolute Gasteiger partial charge is 0.167 e. The summed E-state index contributed by atoms with van der Waals surface area (Å²) in [6.45, 7) is 4.14. The van der Waals surface area contributed by atoms with E-state index in [0.29, 0.717) is 0 Å². The van der Waals surface area contributed by atoms with Crippen LogP contribution in [-0.4, -0.2) is 12.1 Å². The molecule has 2 rings (SSSR count). The lowest BCUT2D eigenvalue weighted by Crippen LogP contribution is -2.42. The molecule has 2 unspecified atom stereocenters. The van der Waals surface area contributed by atoms with Crippen molar-refractivity contribution >= 4 is 0 Å². The first-order valence-corrected chi connectivity index (χ1v) is 5.77. The van der Waals surface area contributed by atoms with Gasteiger partial charge in [0.2, 0.25) is 0 Å². The number of hydrogen-bond acceptors (Lipinski definition) is 2. The van der Waals surface area contributed by atoms with Crippen LogP contribution in [0.25, 0.3) is 0 Å². The van der Waals surface area contributed by atoms with Crippen LogP contribution in [0, 0.1) is 17.0 Å². The minimum atomic E-state index is -0.679. The molecule has 2 atom stereocenters. The predicted octanol–water partition coefficient (Wildman–Crippen LogP) is 2.86. The van der Waals surface area contributed by atoms with Gasteiger partial charge in [-0.3, -0.25) is 0 Å². The van der Waals surface area contributed by atoms with Crippen LogP contribution in [0.1, 0.15) is 26.7 Å². The lowest BCUT2D eigenvalue weighted by atomic mass is 9.88. The van der Waals surface area contributed by atoms with E-state index in [1.54, 1.807) is 0 Å². The SMILES string of the molecule is CC1(C)CCC(Oc2ccc(F)cc2F)C1N. The molecule has 0 saturated heterocycles. The molecule has 94 valence electrons. The number of benzene rings is 1. The third-order valence-corrected chi connectivity index (χ3v) is 3.55. The fourth-order valence-electron chi connectivity index (χ4n) is 2.23. The van der Waals surface area contributed by atoms with Gasteiger partial charge in [0.25, 0.3) is 0 Å². The largest absolute Gasteiger partial charge is 0.486 e. The molecule has 2 nitrogen and oxygen atoms in total. The Morgan fingerprint density at radius 2 is 2.06 bits per heavy atom. The van der Waals surface area contributed by atoms with E-state index in [1.807, 2.05) is 0 Å². The third-order valence-electron chi connectivity index (χ3n) is 3.55. The van der Waals surface area contributed by atoms with Gasteiger partial charge in [0.05, 0.1) is 0 Å². The van der Waals surface area contributed by atoms with Crippen LogP contribution in [0.2, 0.25) is 0 Å². The fourth-order valence-corrected chi connectivity index (χ4v) is 2.23. The van der Waals surface area contributed by atoms with E-state index in [2.05, 4.69) is 13.8 Å². The van der Waals surface area contributed by atoms with Crippen LogP contribution in [0.15, 0.2) is 18.2 Å². The average Bonchev–Trinajstić information content (AvgIpc) is 2.49. The molecule has 0 heterocycles. The summed E-state index contributed by atoms with van der Waals surface area (Å²) in [6, 6.07) is 3.18. The molecular weight excluding hydrogens is 224 g/mol. The Morgan fingerprint density at radius 3 is 2.59 bits per heavy atom. The molecule has 1 fully saturated rings. The van der Waals surface area contributed by atoms with E-state index < -0.39 is 11.6 Å². The van der Waals surface area contributed by atoms with Gasteiger partial charge in [-0.2, -0.15) is 0 Å². The zero-order valence-electron chi connectivity index (χ0n) is 10.0. The van der Waals surface area contributed by atoms with Crippen molar-refractivity contribution in [1.29, 1.82) is 0 Å². The summed E-state index contributed by atoms with van der Waals surface area (Å²) in [4.78, 5) is 0. The minimum Gasteiger partial charge on any atom is -0.486 e. The normalized spacial score (nSPS) is 27.1. The molecule has 0 aliphatic heterocycles. The topological polar surface area (TPSA) is 35.2 Å². The predicted molar refractivity (Wildman–Crippen MR) is 61.8 cm³/mol. The Kier molecular flexibility index (Phi) is 3.08. The zero-order chi connectivity index (χ0) is 12.6. The van der Waals surface area contributed by atoms with Crippen molar-refractivity contribution < 1.29 is 13.5 Å². The number of hydrogen-bond donors (Lipinski definition) is 1. The standard InChI is InChI=1S/C13H17F2NO/c1-13(2)6-5-11(12(13)16)17-10-4-3-8(14)7-9(10)15/h3-4,7,11-12H,5-6,16H2,1-2H3. The molecule has 0 bridgehead atoms. The van der Waals surface area contributed by atoms with E-state index in [4.69, 9.17) is 10.5 Å². The molecule has 1 aromatic carbocycles. The molecule has 2 N–H and O–H groups in total. The molecule has 1 saturated carbocycles. The van der Waals surface area contributed by atoms with Crippen LogP contribution in [0.3, 0.4) is 0 Å². The average molecular weight is 241 g/mol. The van der Waals surface area contributed by atoms with Gasteiger partial charge < -0.3 is 10.5 Å². The fraction of sp³-hybridized carbons (Fsp3) is 0.538.